The molecule has 0 aliphatic heterocycles. The van der Waals surface area contributed by atoms with Crippen molar-refractivity contribution in [2.45, 2.75) is 32.4 Å². The number of nitrogens with one attached hydrogen (secondary N) is 1. The normalized spacial score (nSPS) is 11.7. The summed E-state index contributed by atoms with van der Waals surface area (Å²) >= 11 is 0. The SMILES string of the molecule is Cc1nccn1CCCC(=O)N[C@H](C#N)c1cnn(-c2ccccc2)c1. The van der Waals surface area contributed by atoms with E-state index in [9.17, 15) is 10.1 Å². The summed E-state index contributed by atoms with van der Waals surface area (Å²) < 4.78 is 3.69. The van der Waals surface area contributed by atoms with E-state index in [4.69, 9.17) is 0 Å². The van der Waals surface area contributed by atoms with Crippen LogP contribution in [0.1, 0.15) is 30.3 Å². The maximum Gasteiger partial charge on any atom is 0.221 e. The van der Waals surface area contributed by atoms with Gasteiger partial charge < -0.3 is 9.88 Å². The van der Waals surface area contributed by atoms with Crippen LogP contribution in [0.3, 0.4) is 0 Å². The molecule has 1 N–H and O–H groups in total. The van der Waals surface area contributed by atoms with Gasteiger partial charge in [-0.25, -0.2) is 9.67 Å². The van der Waals surface area contributed by atoms with Crippen LogP contribution in [0, 0.1) is 18.3 Å². The second kappa shape index (κ2) is 8.12. The number of hydrogen-bond acceptors (Lipinski definition) is 4. The van der Waals surface area contributed by atoms with Crippen LogP contribution in [0.5, 0.6) is 0 Å². The molecule has 2 aromatic heterocycles. The third-order valence-electron chi connectivity index (χ3n) is 4.12. The molecule has 7 heteroatoms. The molecule has 3 aromatic rings. The summed E-state index contributed by atoms with van der Waals surface area (Å²) in [7, 11) is 0. The van der Waals surface area contributed by atoms with Gasteiger partial charge in [-0.1, -0.05) is 18.2 Å². The van der Waals surface area contributed by atoms with E-state index in [0.717, 1.165) is 18.1 Å². The summed E-state index contributed by atoms with van der Waals surface area (Å²) in [5, 5.41) is 16.4. The summed E-state index contributed by atoms with van der Waals surface area (Å²) in [5.74, 6) is 0.774. The van der Waals surface area contributed by atoms with Crippen molar-refractivity contribution in [1.29, 1.82) is 5.26 Å². The van der Waals surface area contributed by atoms with Crippen molar-refractivity contribution in [3.8, 4) is 11.8 Å². The molecule has 132 valence electrons. The monoisotopic (exact) mass is 348 g/mol. The Bertz CT molecular complexity index is 906. The van der Waals surface area contributed by atoms with Crippen molar-refractivity contribution < 1.29 is 4.79 Å². The van der Waals surface area contributed by atoms with Crippen LogP contribution in [-0.4, -0.2) is 25.2 Å². The lowest BCUT2D eigenvalue weighted by Crippen LogP contribution is -2.27. The zero-order valence-electron chi connectivity index (χ0n) is 14.5. The van der Waals surface area contributed by atoms with Crippen molar-refractivity contribution in [2.24, 2.45) is 0 Å². The van der Waals surface area contributed by atoms with E-state index in [1.807, 2.05) is 48.0 Å². The van der Waals surface area contributed by atoms with Crippen LogP contribution < -0.4 is 5.32 Å². The molecule has 0 unspecified atom stereocenters. The lowest BCUT2D eigenvalue weighted by atomic mass is 10.1. The van der Waals surface area contributed by atoms with Crippen LogP contribution in [0.2, 0.25) is 0 Å². The lowest BCUT2D eigenvalue weighted by molar-refractivity contribution is -0.121. The summed E-state index contributed by atoms with van der Waals surface area (Å²) in [6.45, 7) is 2.65. The molecule has 0 fully saturated rings. The highest BCUT2D eigenvalue weighted by Gasteiger charge is 2.16. The summed E-state index contributed by atoms with van der Waals surface area (Å²) in [4.78, 5) is 16.3. The first-order valence-electron chi connectivity index (χ1n) is 8.44. The Labute approximate surface area is 151 Å². The smallest absolute Gasteiger partial charge is 0.221 e. The van der Waals surface area contributed by atoms with E-state index >= 15 is 0 Å². The maximum absolute atomic E-state index is 12.2. The lowest BCUT2D eigenvalue weighted by Gasteiger charge is -2.10. The highest BCUT2D eigenvalue weighted by atomic mass is 16.1. The number of para-hydroxylation sites is 1. The number of imidazole rings is 1. The topological polar surface area (TPSA) is 88.5 Å². The quantitative estimate of drug-likeness (QED) is 0.710. The second-order valence-electron chi connectivity index (χ2n) is 5.95. The van der Waals surface area contributed by atoms with Gasteiger partial charge in [-0.3, -0.25) is 4.79 Å². The minimum absolute atomic E-state index is 0.151. The number of aromatic nitrogens is 4. The molecule has 2 heterocycles. The van der Waals surface area contributed by atoms with Gasteiger partial charge in [0.25, 0.3) is 0 Å². The van der Waals surface area contributed by atoms with Gasteiger partial charge in [-0.05, 0) is 25.5 Å². The van der Waals surface area contributed by atoms with E-state index in [0.29, 0.717) is 18.4 Å². The van der Waals surface area contributed by atoms with Crippen LogP contribution in [-0.2, 0) is 11.3 Å². The Balaban J connectivity index is 1.56. The maximum atomic E-state index is 12.2. The Morgan fingerprint density at radius 3 is 2.85 bits per heavy atom. The van der Waals surface area contributed by atoms with Gasteiger partial charge in [-0.15, -0.1) is 0 Å². The minimum Gasteiger partial charge on any atom is -0.337 e. The molecular formula is C19H20N6O. The van der Waals surface area contributed by atoms with Crippen molar-refractivity contribution in [3.05, 3.63) is 66.5 Å². The van der Waals surface area contributed by atoms with Crippen molar-refractivity contribution in [2.75, 3.05) is 0 Å². The van der Waals surface area contributed by atoms with E-state index in [1.165, 1.54) is 0 Å². The van der Waals surface area contributed by atoms with E-state index in [-0.39, 0.29) is 5.91 Å². The Hall–Kier alpha value is -3.40. The van der Waals surface area contributed by atoms with Crippen LogP contribution >= 0.6 is 0 Å². The highest BCUT2D eigenvalue weighted by molar-refractivity contribution is 5.76. The highest BCUT2D eigenvalue weighted by Crippen LogP contribution is 2.14. The summed E-state index contributed by atoms with van der Waals surface area (Å²) in [6.07, 6.45) is 8.04. The van der Waals surface area contributed by atoms with Crippen LogP contribution in [0.25, 0.3) is 5.69 Å². The standard InChI is InChI=1S/C19H20N6O/c1-15-21-9-11-24(15)10-5-8-19(26)23-18(12-20)16-13-22-25(14-16)17-6-3-2-4-7-17/h2-4,6-7,9,11,13-14,18H,5,8,10H2,1H3,(H,23,26)/t18-/m1/s1. The second-order valence-corrected chi connectivity index (χ2v) is 5.95. The fourth-order valence-electron chi connectivity index (χ4n) is 2.68. The molecule has 0 aliphatic carbocycles. The third kappa shape index (κ3) is 4.16. The summed E-state index contributed by atoms with van der Waals surface area (Å²) in [5.41, 5.74) is 1.56. The van der Waals surface area contributed by atoms with E-state index in [2.05, 4.69) is 21.5 Å². The zero-order chi connectivity index (χ0) is 18.4. The molecular weight excluding hydrogens is 328 g/mol. The molecule has 7 nitrogen and oxygen atoms in total. The van der Waals surface area contributed by atoms with Crippen molar-refractivity contribution in [1.82, 2.24) is 24.6 Å². The van der Waals surface area contributed by atoms with E-state index < -0.39 is 6.04 Å². The predicted molar refractivity (Wildman–Crippen MR) is 96.3 cm³/mol. The average Bonchev–Trinajstić information content (AvgIpc) is 3.30. The zero-order valence-corrected chi connectivity index (χ0v) is 14.5. The van der Waals surface area contributed by atoms with Crippen molar-refractivity contribution in [3.63, 3.8) is 0 Å². The van der Waals surface area contributed by atoms with Gasteiger partial charge >= 0.3 is 0 Å². The minimum atomic E-state index is -0.713. The van der Waals surface area contributed by atoms with Gasteiger partial charge in [-0.2, -0.15) is 10.4 Å². The number of hydrogen-bond donors (Lipinski definition) is 1. The van der Waals surface area contributed by atoms with Crippen molar-refractivity contribution >= 4 is 5.91 Å². The first kappa shape index (κ1) is 17.4. The molecule has 0 bridgehead atoms. The first-order chi connectivity index (χ1) is 12.7. The number of carbonyl (C=O) groups is 1. The first-order valence-corrected chi connectivity index (χ1v) is 8.44. The van der Waals surface area contributed by atoms with Gasteiger partial charge in [0.2, 0.25) is 5.91 Å². The largest absolute Gasteiger partial charge is 0.337 e. The number of carbonyl (C=O) groups excluding carboxylic acids is 1. The number of aryl methyl sites for hydroxylation is 2. The number of rotatable bonds is 7. The Morgan fingerprint density at radius 2 is 2.15 bits per heavy atom. The summed E-state index contributed by atoms with van der Waals surface area (Å²) in [6, 6.07) is 11.0. The van der Waals surface area contributed by atoms with Crippen LogP contribution in [0.15, 0.2) is 55.1 Å². The Kier molecular flexibility index (Phi) is 5.44. The van der Waals surface area contributed by atoms with E-state index in [1.54, 1.807) is 23.3 Å². The molecule has 3 rings (SSSR count). The third-order valence-corrected chi connectivity index (χ3v) is 4.12. The van der Waals surface area contributed by atoms with Gasteiger partial charge in [0.15, 0.2) is 0 Å². The average molecular weight is 348 g/mol. The molecule has 0 spiro atoms. The molecule has 1 aromatic carbocycles. The Morgan fingerprint density at radius 1 is 1.35 bits per heavy atom. The number of benzene rings is 1. The molecule has 0 saturated carbocycles. The molecule has 26 heavy (non-hydrogen) atoms. The molecule has 1 amide bonds. The van der Waals surface area contributed by atoms with Crippen LogP contribution in [0.4, 0.5) is 0 Å². The van der Waals surface area contributed by atoms with Gasteiger partial charge in [0, 0.05) is 37.1 Å². The number of nitrogens with zero attached hydrogens (tertiary/aromatic N) is 5. The molecule has 0 aliphatic rings. The fourth-order valence-corrected chi connectivity index (χ4v) is 2.68. The molecule has 1 atom stereocenters. The number of nitriles is 1. The number of amides is 1. The van der Waals surface area contributed by atoms with Gasteiger partial charge in [0.1, 0.15) is 11.9 Å². The van der Waals surface area contributed by atoms with Gasteiger partial charge in [0.05, 0.1) is 18.0 Å². The molecule has 0 radical (unpaired) electrons. The predicted octanol–water partition coefficient (Wildman–Crippen LogP) is 2.54. The fraction of sp³-hybridized carbons (Fsp3) is 0.263. The molecule has 0 saturated heterocycles.